The number of unbranched alkanes of at least 4 members (excludes halogenated alkanes) is 1. The van der Waals surface area contributed by atoms with E-state index in [2.05, 4.69) is 29.4 Å². The molecule has 0 radical (unpaired) electrons. The molecule has 1 fully saturated rings. The molecule has 112 valence electrons. The Balaban J connectivity index is 2.07. The third-order valence-corrected chi connectivity index (χ3v) is 3.66. The molecule has 0 bridgehead atoms. The lowest BCUT2D eigenvalue weighted by Gasteiger charge is -2.31. The molecule has 1 atom stereocenters. The Morgan fingerprint density at radius 2 is 2.05 bits per heavy atom. The van der Waals surface area contributed by atoms with Gasteiger partial charge in [-0.3, -0.25) is 0 Å². The highest BCUT2D eigenvalue weighted by atomic mass is 16.3. The molecule has 1 heterocycles. The molecule has 19 heavy (non-hydrogen) atoms. The van der Waals surface area contributed by atoms with Crippen molar-refractivity contribution >= 4 is 6.03 Å². The van der Waals surface area contributed by atoms with Crippen LogP contribution in [0.2, 0.25) is 0 Å². The molecule has 1 saturated heterocycles. The van der Waals surface area contributed by atoms with E-state index in [-0.39, 0.29) is 6.03 Å². The summed E-state index contributed by atoms with van der Waals surface area (Å²) >= 11 is 0. The molecule has 5 nitrogen and oxygen atoms in total. The number of nitrogens with one attached hydrogen (secondary N) is 2. The Labute approximate surface area is 116 Å². The van der Waals surface area contributed by atoms with E-state index in [1.54, 1.807) is 0 Å². The number of rotatable bonds is 7. The van der Waals surface area contributed by atoms with Crippen LogP contribution >= 0.6 is 0 Å². The minimum Gasteiger partial charge on any atom is -0.390 e. The third-order valence-electron chi connectivity index (χ3n) is 3.66. The van der Waals surface area contributed by atoms with Crippen molar-refractivity contribution in [1.29, 1.82) is 0 Å². The maximum Gasteiger partial charge on any atom is 0.314 e. The zero-order valence-corrected chi connectivity index (χ0v) is 12.3. The summed E-state index contributed by atoms with van der Waals surface area (Å²) in [5, 5.41) is 15.4. The first-order valence-electron chi connectivity index (χ1n) is 7.54. The van der Waals surface area contributed by atoms with Gasteiger partial charge in [0.15, 0.2) is 0 Å². The van der Waals surface area contributed by atoms with Crippen LogP contribution in [0.1, 0.15) is 39.5 Å². The summed E-state index contributed by atoms with van der Waals surface area (Å²) in [6, 6.07) is -0.181. The first-order valence-corrected chi connectivity index (χ1v) is 7.54. The summed E-state index contributed by atoms with van der Waals surface area (Å²) in [5.41, 5.74) is 0. The topological polar surface area (TPSA) is 64.6 Å². The van der Waals surface area contributed by atoms with E-state index < -0.39 is 6.10 Å². The molecule has 5 heteroatoms. The lowest BCUT2D eigenvalue weighted by Crippen LogP contribution is -2.45. The van der Waals surface area contributed by atoms with Gasteiger partial charge in [-0.2, -0.15) is 0 Å². The van der Waals surface area contributed by atoms with Gasteiger partial charge < -0.3 is 20.6 Å². The summed E-state index contributed by atoms with van der Waals surface area (Å²) in [4.78, 5) is 13.7. The molecule has 0 aliphatic carbocycles. The third kappa shape index (κ3) is 7.38. The number of aliphatic hydroxyl groups is 1. The lowest BCUT2D eigenvalue weighted by atomic mass is 9.99. The molecule has 0 aromatic heterocycles. The quantitative estimate of drug-likeness (QED) is 0.609. The summed E-state index contributed by atoms with van der Waals surface area (Å²) in [6.07, 6.45) is 3.98. The van der Waals surface area contributed by atoms with Crippen LogP contribution in [-0.2, 0) is 0 Å². The van der Waals surface area contributed by atoms with Crippen LogP contribution in [0.3, 0.4) is 0 Å². The Kier molecular flexibility index (Phi) is 7.82. The smallest absolute Gasteiger partial charge is 0.314 e. The zero-order chi connectivity index (χ0) is 14.1. The fourth-order valence-corrected chi connectivity index (χ4v) is 2.26. The lowest BCUT2D eigenvalue weighted by molar-refractivity contribution is 0.0920. The van der Waals surface area contributed by atoms with Gasteiger partial charge in [-0.05, 0) is 38.3 Å². The van der Waals surface area contributed by atoms with Gasteiger partial charge in [0, 0.05) is 19.6 Å². The number of β-amino-alcohol motifs (C(OH)–C–C–N with tert-alkyl or cyclic N) is 1. The molecule has 1 rings (SSSR count). The monoisotopic (exact) mass is 271 g/mol. The average Bonchev–Trinajstić information content (AvgIpc) is 2.39. The van der Waals surface area contributed by atoms with E-state index in [9.17, 15) is 9.90 Å². The number of piperidine rings is 1. The van der Waals surface area contributed by atoms with Crippen molar-refractivity contribution in [2.45, 2.75) is 45.6 Å². The molecule has 0 aromatic carbocycles. The Morgan fingerprint density at radius 1 is 1.37 bits per heavy atom. The predicted molar refractivity (Wildman–Crippen MR) is 77.2 cm³/mol. The number of urea groups is 1. The van der Waals surface area contributed by atoms with Gasteiger partial charge in [0.2, 0.25) is 0 Å². The predicted octanol–water partition coefficient (Wildman–Crippen LogP) is 1.18. The number of carbonyl (C=O) groups excluding carboxylic acids is 1. The van der Waals surface area contributed by atoms with Gasteiger partial charge in [-0.25, -0.2) is 4.79 Å². The number of nitrogens with zero attached hydrogens (tertiary/aromatic N) is 1. The SMILES string of the molecule is CCCCNC(=O)NC[C@@H](O)CN1CCC(C)CC1. The average molecular weight is 271 g/mol. The summed E-state index contributed by atoms with van der Waals surface area (Å²) in [7, 11) is 0. The van der Waals surface area contributed by atoms with Crippen LogP contribution in [0.15, 0.2) is 0 Å². The van der Waals surface area contributed by atoms with Crippen LogP contribution in [0.5, 0.6) is 0 Å². The molecule has 0 aromatic rings. The van der Waals surface area contributed by atoms with Gasteiger partial charge in [-0.15, -0.1) is 0 Å². The molecule has 0 saturated carbocycles. The molecule has 3 N–H and O–H groups in total. The number of hydrogen-bond donors (Lipinski definition) is 3. The number of carbonyl (C=O) groups is 1. The maximum atomic E-state index is 11.4. The van der Waals surface area contributed by atoms with E-state index in [1.807, 2.05) is 0 Å². The van der Waals surface area contributed by atoms with Crippen LogP contribution in [0.4, 0.5) is 4.79 Å². The summed E-state index contributed by atoms with van der Waals surface area (Å²) in [6.45, 7) is 8.15. The second-order valence-electron chi connectivity index (χ2n) is 5.63. The molecule has 1 aliphatic rings. The van der Waals surface area contributed by atoms with Gasteiger partial charge in [0.1, 0.15) is 0 Å². The van der Waals surface area contributed by atoms with Gasteiger partial charge in [-0.1, -0.05) is 20.3 Å². The van der Waals surface area contributed by atoms with Crippen molar-refractivity contribution in [2.75, 3.05) is 32.7 Å². The van der Waals surface area contributed by atoms with Gasteiger partial charge in [0.25, 0.3) is 0 Å². The molecule has 0 spiro atoms. The first-order chi connectivity index (χ1) is 9.11. The summed E-state index contributed by atoms with van der Waals surface area (Å²) < 4.78 is 0. The van der Waals surface area contributed by atoms with Crippen molar-refractivity contribution in [3.05, 3.63) is 0 Å². The van der Waals surface area contributed by atoms with Gasteiger partial charge >= 0.3 is 6.03 Å². The van der Waals surface area contributed by atoms with E-state index in [0.717, 1.165) is 31.8 Å². The summed E-state index contributed by atoms with van der Waals surface area (Å²) in [5.74, 6) is 0.802. The fourth-order valence-electron chi connectivity index (χ4n) is 2.26. The number of aliphatic hydroxyl groups excluding tert-OH is 1. The fraction of sp³-hybridized carbons (Fsp3) is 0.929. The van der Waals surface area contributed by atoms with Gasteiger partial charge in [0.05, 0.1) is 6.10 Å². The van der Waals surface area contributed by atoms with E-state index in [1.165, 1.54) is 12.8 Å². The first kappa shape index (κ1) is 16.2. The van der Waals surface area contributed by atoms with Crippen molar-refractivity contribution in [3.8, 4) is 0 Å². The highest BCUT2D eigenvalue weighted by Crippen LogP contribution is 2.15. The second-order valence-corrected chi connectivity index (χ2v) is 5.63. The molecule has 1 aliphatic heterocycles. The minimum atomic E-state index is -0.481. The van der Waals surface area contributed by atoms with Crippen LogP contribution in [-0.4, -0.2) is 54.9 Å². The maximum absolute atomic E-state index is 11.4. The Morgan fingerprint density at radius 3 is 2.68 bits per heavy atom. The number of amides is 2. The largest absolute Gasteiger partial charge is 0.390 e. The van der Waals surface area contributed by atoms with Crippen molar-refractivity contribution in [2.24, 2.45) is 5.92 Å². The molecule has 2 amide bonds. The van der Waals surface area contributed by atoms with Crippen molar-refractivity contribution < 1.29 is 9.90 Å². The normalized spacial score (nSPS) is 19.1. The van der Waals surface area contributed by atoms with E-state index in [0.29, 0.717) is 19.6 Å². The highest BCUT2D eigenvalue weighted by molar-refractivity contribution is 5.73. The van der Waals surface area contributed by atoms with Crippen LogP contribution in [0.25, 0.3) is 0 Å². The standard InChI is InChI=1S/C14H29N3O2/c1-3-4-7-15-14(19)16-10-13(18)11-17-8-5-12(2)6-9-17/h12-13,18H,3-11H2,1-2H3,(H2,15,16,19)/t13-/m1/s1. The van der Waals surface area contributed by atoms with Crippen molar-refractivity contribution in [1.82, 2.24) is 15.5 Å². The molecule has 0 unspecified atom stereocenters. The van der Waals surface area contributed by atoms with Crippen LogP contribution in [0, 0.1) is 5.92 Å². The zero-order valence-electron chi connectivity index (χ0n) is 12.3. The van der Waals surface area contributed by atoms with Crippen molar-refractivity contribution in [3.63, 3.8) is 0 Å². The highest BCUT2D eigenvalue weighted by Gasteiger charge is 2.18. The number of hydrogen-bond acceptors (Lipinski definition) is 3. The second kappa shape index (κ2) is 9.15. The molecular formula is C14H29N3O2. The Hall–Kier alpha value is -0.810. The van der Waals surface area contributed by atoms with E-state index >= 15 is 0 Å². The van der Waals surface area contributed by atoms with E-state index in [4.69, 9.17) is 0 Å². The number of likely N-dealkylation sites (tertiary alicyclic amines) is 1. The minimum absolute atomic E-state index is 0.181. The van der Waals surface area contributed by atoms with Crippen LogP contribution < -0.4 is 10.6 Å². The Bertz CT molecular complexity index is 253. The molecular weight excluding hydrogens is 242 g/mol.